The molecule has 3 rings (SSSR count). The van der Waals surface area contributed by atoms with Gasteiger partial charge in [0.05, 0.1) is 31.5 Å². The molecule has 3 N–H and O–H groups in total. The lowest BCUT2D eigenvalue weighted by Gasteiger charge is -2.22. The molecule has 1 aliphatic heterocycles. The van der Waals surface area contributed by atoms with Crippen molar-refractivity contribution in [1.82, 2.24) is 19.5 Å². The molecular weight excluding hydrogens is 412 g/mol. The first-order valence-electron chi connectivity index (χ1n) is 9.53. The van der Waals surface area contributed by atoms with Crippen LogP contribution in [-0.2, 0) is 23.7 Å². The van der Waals surface area contributed by atoms with E-state index in [9.17, 15) is 15.0 Å². The minimum absolute atomic E-state index is 0.0953. The first-order chi connectivity index (χ1) is 15.0. The van der Waals surface area contributed by atoms with Crippen molar-refractivity contribution in [3.63, 3.8) is 0 Å². The Hall–Kier alpha value is -2.73. The second-order valence-corrected chi connectivity index (χ2v) is 6.88. The van der Waals surface area contributed by atoms with Crippen molar-refractivity contribution in [2.45, 2.75) is 50.9 Å². The average molecular weight is 436 g/mol. The number of nitrogens with zero attached hydrogens (tertiary/aromatic N) is 5. The molecule has 3 heterocycles. The van der Waals surface area contributed by atoms with Gasteiger partial charge in [0, 0.05) is 6.92 Å². The summed E-state index contributed by atoms with van der Waals surface area (Å²) in [6, 6.07) is 1.99. The maximum atomic E-state index is 11.4. The van der Waals surface area contributed by atoms with Crippen molar-refractivity contribution in [2.24, 2.45) is 0 Å². The molecule has 13 heteroatoms. The third kappa shape index (κ3) is 5.31. The molecule has 5 unspecified atom stereocenters. The van der Waals surface area contributed by atoms with E-state index in [1.165, 1.54) is 24.1 Å². The number of aliphatic hydroxyl groups is 2. The highest BCUT2D eigenvalue weighted by Gasteiger charge is 2.46. The first-order valence-corrected chi connectivity index (χ1v) is 9.53. The van der Waals surface area contributed by atoms with Gasteiger partial charge in [0.25, 0.3) is 0 Å². The summed E-state index contributed by atoms with van der Waals surface area (Å²) >= 11 is 0. The summed E-state index contributed by atoms with van der Waals surface area (Å²) < 4.78 is 23.5. The molecule has 1 fully saturated rings. The van der Waals surface area contributed by atoms with Gasteiger partial charge in [-0.3, -0.25) is 9.36 Å². The van der Waals surface area contributed by atoms with Gasteiger partial charge in [-0.25, -0.2) is 15.0 Å². The maximum Gasteiger partial charge on any atom is 0.222 e. The summed E-state index contributed by atoms with van der Waals surface area (Å²) in [6.07, 6.45) is -1.20. The van der Waals surface area contributed by atoms with Crippen LogP contribution < -0.4 is 5.32 Å². The Morgan fingerprint density at radius 3 is 2.94 bits per heavy atom. The molecule has 0 radical (unpaired) electrons. The highest BCUT2D eigenvalue weighted by molar-refractivity contribution is 5.95. The minimum Gasteiger partial charge on any atom is -0.394 e. The van der Waals surface area contributed by atoms with Crippen molar-refractivity contribution in [1.29, 1.82) is 5.26 Å². The van der Waals surface area contributed by atoms with Crippen LogP contribution in [0.4, 0.5) is 5.82 Å². The van der Waals surface area contributed by atoms with Gasteiger partial charge >= 0.3 is 0 Å². The van der Waals surface area contributed by atoms with E-state index in [1.807, 2.05) is 6.07 Å². The quantitative estimate of drug-likeness (QED) is 0.328. The van der Waals surface area contributed by atoms with Gasteiger partial charge in [0.2, 0.25) is 5.91 Å². The summed E-state index contributed by atoms with van der Waals surface area (Å²) in [5, 5.41) is 31.3. The Kier molecular flexibility index (Phi) is 7.80. The molecule has 0 saturated carbocycles. The van der Waals surface area contributed by atoms with Gasteiger partial charge in [-0.05, 0) is 6.92 Å². The van der Waals surface area contributed by atoms with Crippen LogP contribution in [0.3, 0.4) is 0 Å². The van der Waals surface area contributed by atoms with Gasteiger partial charge in [-0.2, -0.15) is 5.26 Å². The zero-order valence-electron chi connectivity index (χ0n) is 17.0. The third-order valence-electron chi connectivity index (χ3n) is 4.58. The summed E-state index contributed by atoms with van der Waals surface area (Å²) in [6.45, 7) is 2.35. The number of nitrogens with one attached hydrogen (secondary N) is 1. The summed E-state index contributed by atoms with van der Waals surface area (Å²) in [5.74, 6) is -0.0787. The Morgan fingerprint density at radius 2 is 2.23 bits per heavy atom. The molecule has 1 amide bonds. The molecule has 168 valence electrons. The topological polar surface area (TPSA) is 174 Å². The number of ether oxygens (including phenoxy) is 4. The maximum absolute atomic E-state index is 11.4. The number of fused-ring (bicyclic) bond motifs is 1. The molecule has 2 aromatic rings. The fourth-order valence-corrected chi connectivity index (χ4v) is 3.08. The minimum atomic E-state index is -1.15. The molecular formula is C18H24N6O7. The fraction of sp³-hybridized carbons (Fsp3) is 0.611. The Morgan fingerprint density at radius 1 is 1.42 bits per heavy atom. The van der Waals surface area contributed by atoms with E-state index in [-0.39, 0.29) is 37.8 Å². The standard InChI is InChI=1S/C18H24N6O7/c1-10(3-4-19)29-8-28-9-30-15-14(27)12(5-25)31-18(15)24-7-22-13-16(23-11(2)26)20-6-21-17(13)24/h6-7,10,12,14-15,18,25,27H,3,5,8-9H2,1-2H3,(H,20,21,23,26). The number of rotatable bonds is 10. The number of aromatic nitrogens is 4. The zero-order valence-corrected chi connectivity index (χ0v) is 17.0. The third-order valence-corrected chi connectivity index (χ3v) is 4.58. The number of aliphatic hydroxyl groups excluding tert-OH is 2. The molecule has 2 aromatic heterocycles. The van der Waals surface area contributed by atoms with Gasteiger partial charge in [0.15, 0.2) is 23.2 Å². The van der Waals surface area contributed by atoms with Gasteiger partial charge in [0.1, 0.15) is 38.2 Å². The molecule has 1 aliphatic rings. The summed E-state index contributed by atoms with van der Waals surface area (Å²) in [4.78, 5) is 23.8. The van der Waals surface area contributed by atoms with Crippen molar-refractivity contribution >= 4 is 22.9 Å². The van der Waals surface area contributed by atoms with Crippen LogP contribution in [0.1, 0.15) is 26.5 Å². The number of amides is 1. The van der Waals surface area contributed by atoms with Gasteiger partial charge < -0.3 is 34.5 Å². The largest absolute Gasteiger partial charge is 0.394 e. The Labute approximate surface area is 177 Å². The molecule has 0 spiro atoms. The number of carbonyl (C=O) groups excluding carboxylic acids is 1. The highest BCUT2D eigenvalue weighted by atomic mass is 16.7. The van der Waals surface area contributed by atoms with E-state index < -0.39 is 31.1 Å². The van der Waals surface area contributed by atoms with E-state index >= 15 is 0 Å². The SMILES string of the molecule is CC(=O)Nc1ncnc2c1ncn2C1OC(CO)C(O)C1OCOCOC(C)CC#N. The fourth-order valence-electron chi connectivity index (χ4n) is 3.08. The molecule has 0 aromatic carbocycles. The molecule has 1 saturated heterocycles. The predicted molar refractivity (Wildman–Crippen MR) is 103 cm³/mol. The van der Waals surface area contributed by atoms with Crippen LogP contribution >= 0.6 is 0 Å². The highest BCUT2D eigenvalue weighted by Crippen LogP contribution is 2.34. The van der Waals surface area contributed by atoms with Gasteiger partial charge in [-0.15, -0.1) is 0 Å². The number of imidazole rings is 1. The Balaban J connectivity index is 1.72. The number of hydrogen-bond acceptors (Lipinski definition) is 11. The number of anilines is 1. The Bertz CT molecular complexity index is 932. The normalized spacial score (nSPS) is 24.2. The second-order valence-electron chi connectivity index (χ2n) is 6.88. The van der Waals surface area contributed by atoms with E-state index in [0.29, 0.717) is 11.2 Å². The molecule has 0 bridgehead atoms. The van der Waals surface area contributed by atoms with Crippen LogP contribution in [0.2, 0.25) is 0 Å². The second kappa shape index (κ2) is 10.5. The smallest absolute Gasteiger partial charge is 0.222 e. The van der Waals surface area contributed by atoms with Crippen LogP contribution in [0, 0.1) is 11.3 Å². The van der Waals surface area contributed by atoms with Crippen LogP contribution in [0.25, 0.3) is 11.2 Å². The molecule has 13 nitrogen and oxygen atoms in total. The van der Waals surface area contributed by atoms with Crippen molar-refractivity contribution in [2.75, 3.05) is 25.5 Å². The van der Waals surface area contributed by atoms with Crippen LogP contribution in [0.5, 0.6) is 0 Å². The number of carbonyl (C=O) groups is 1. The van der Waals surface area contributed by atoms with Crippen LogP contribution in [0.15, 0.2) is 12.7 Å². The lowest BCUT2D eigenvalue weighted by molar-refractivity contribution is -0.183. The van der Waals surface area contributed by atoms with Crippen molar-refractivity contribution in [3.8, 4) is 6.07 Å². The van der Waals surface area contributed by atoms with Crippen molar-refractivity contribution in [3.05, 3.63) is 12.7 Å². The van der Waals surface area contributed by atoms with E-state index in [1.54, 1.807) is 6.92 Å². The summed E-state index contributed by atoms with van der Waals surface area (Å²) in [7, 11) is 0. The van der Waals surface area contributed by atoms with E-state index in [2.05, 4.69) is 20.3 Å². The van der Waals surface area contributed by atoms with E-state index in [4.69, 9.17) is 24.2 Å². The zero-order chi connectivity index (χ0) is 22.4. The average Bonchev–Trinajstić information content (AvgIpc) is 3.29. The monoisotopic (exact) mass is 436 g/mol. The molecule has 5 atom stereocenters. The van der Waals surface area contributed by atoms with Crippen molar-refractivity contribution < 1.29 is 34.0 Å². The lowest BCUT2D eigenvalue weighted by atomic mass is 10.1. The van der Waals surface area contributed by atoms with Gasteiger partial charge in [-0.1, -0.05) is 0 Å². The molecule has 31 heavy (non-hydrogen) atoms. The first kappa shape index (κ1) is 22.9. The predicted octanol–water partition coefficient (Wildman–Crippen LogP) is -0.329. The number of hydrogen-bond donors (Lipinski definition) is 3. The summed E-state index contributed by atoms with van der Waals surface area (Å²) in [5.41, 5.74) is 0.677. The van der Waals surface area contributed by atoms with E-state index in [0.717, 1.165) is 0 Å². The molecule has 0 aliphatic carbocycles. The lowest BCUT2D eigenvalue weighted by Crippen LogP contribution is -2.36. The number of nitriles is 1. The van der Waals surface area contributed by atoms with Crippen LogP contribution in [-0.4, -0.2) is 80.2 Å².